The summed E-state index contributed by atoms with van der Waals surface area (Å²) in [5, 5.41) is 3.84. The predicted octanol–water partition coefficient (Wildman–Crippen LogP) is 3.72. The molecule has 0 aliphatic heterocycles. The van der Waals surface area contributed by atoms with Gasteiger partial charge in [0.2, 0.25) is 5.88 Å². The molecule has 2 heterocycles. The molecule has 0 aliphatic rings. The molecular formula is C22H18N4O3. The molecule has 0 spiro atoms. The van der Waals surface area contributed by atoms with Gasteiger partial charge in [-0.3, -0.25) is 9.59 Å². The van der Waals surface area contributed by atoms with E-state index >= 15 is 0 Å². The number of nitrogens with zero attached hydrogens (tertiary/aromatic N) is 2. The fraction of sp³-hybridized carbons (Fsp3) is 0.0455. The smallest absolute Gasteiger partial charge is 0.261 e. The number of carbonyl (C=O) groups is 2. The highest BCUT2D eigenvalue weighted by Gasteiger charge is 2.18. The van der Waals surface area contributed by atoms with Crippen molar-refractivity contribution in [2.75, 3.05) is 5.32 Å². The number of para-hydroxylation sites is 1. The molecule has 0 atom stereocenters. The number of aryl methyl sites for hydroxylation is 1. The highest BCUT2D eigenvalue weighted by molar-refractivity contribution is 6.10. The largest absolute Gasteiger partial charge is 0.437 e. The first-order valence-electron chi connectivity index (χ1n) is 8.91. The van der Waals surface area contributed by atoms with Gasteiger partial charge in [0.25, 0.3) is 11.8 Å². The Morgan fingerprint density at radius 3 is 2.62 bits per heavy atom. The van der Waals surface area contributed by atoms with Gasteiger partial charge in [-0.1, -0.05) is 18.2 Å². The lowest BCUT2D eigenvalue weighted by Crippen LogP contribution is -2.15. The van der Waals surface area contributed by atoms with Crippen molar-refractivity contribution in [2.45, 2.75) is 0 Å². The first kappa shape index (κ1) is 18.2. The zero-order valence-corrected chi connectivity index (χ0v) is 15.6. The van der Waals surface area contributed by atoms with Gasteiger partial charge in [0.05, 0.1) is 11.3 Å². The molecule has 0 saturated carbocycles. The fourth-order valence-electron chi connectivity index (χ4n) is 3.11. The topological polar surface area (TPSA) is 99.2 Å². The molecule has 4 rings (SSSR count). The molecule has 3 N–H and O–H groups in total. The number of nitrogens with two attached hydrogens (primary N) is 1. The van der Waals surface area contributed by atoms with Crippen molar-refractivity contribution in [2.24, 2.45) is 12.8 Å². The van der Waals surface area contributed by atoms with Gasteiger partial charge in [0, 0.05) is 30.3 Å². The zero-order valence-electron chi connectivity index (χ0n) is 15.6. The molecule has 0 bridgehead atoms. The van der Waals surface area contributed by atoms with Crippen LogP contribution in [0.2, 0.25) is 0 Å². The SMILES string of the molecule is Cn1ccc2c(NC(=O)c3cccnc3Oc3ccccc3C(N)=O)cccc21. The second-order valence-corrected chi connectivity index (χ2v) is 6.44. The molecule has 0 unspecified atom stereocenters. The van der Waals surface area contributed by atoms with Crippen molar-refractivity contribution < 1.29 is 14.3 Å². The molecule has 2 amide bonds. The molecule has 0 saturated heterocycles. The summed E-state index contributed by atoms with van der Waals surface area (Å²) < 4.78 is 7.75. The molecule has 0 aliphatic carbocycles. The second-order valence-electron chi connectivity index (χ2n) is 6.44. The number of fused-ring (bicyclic) bond motifs is 1. The number of aromatic nitrogens is 2. The van der Waals surface area contributed by atoms with Crippen LogP contribution in [-0.4, -0.2) is 21.4 Å². The Labute approximate surface area is 166 Å². The summed E-state index contributed by atoms with van der Waals surface area (Å²) in [6.07, 6.45) is 3.44. The average molecular weight is 386 g/mol. The van der Waals surface area contributed by atoms with Crippen molar-refractivity contribution in [3.63, 3.8) is 0 Å². The van der Waals surface area contributed by atoms with Crippen LogP contribution in [0.3, 0.4) is 0 Å². The summed E-state index contributed by atoms with van der Waals surface area (Å²) in [5.41, 5.74) is 7.53. The third-order valence-corrected chi connectivity index (χ3v) is 4.55. The van der Waals surface area contributed by atoms with Crippen LogP contribution in [-0.2, 0) is 7.05 Å². The molecule has 144 valence electrons. The van der Waals surface area contributed by atoms with Gasteiger partial charge >= 0.3 is 0 Å². The number of ether oxygens (including phenoxy) is 1. The Kier molecular flexibility index (Phi) is 4.70. The van der Waals surface area contributed by atoms with Crippen LogP contribution >= 0.6 is 0 Å². The first-order valence-corrected chi connectivity index (χ1v) is 8.91. The van der Waals surface area contributed by atoms with E-state index in [1.165, 1.54) is 6.20 Å². The summed E-state index contributed by atoms with van der Waals surface area (Å²) in [5.74, 6) is -0.684. The highest BCUT2D eigenvalue weighted by atomic mass is 16.5. The van der Waals surface area contributed by atoms with E-state index in [0.29, 0.717) is 5.69 Å². The van der Waals surface area contributed by atoms with E-state index in [9.17, 15) is 9.59 Å². The second kappa shape index (κ2) is 7.47. The van der Waals surface area contributed by atoms with E-state index in [-0.39, 0.29) is 28.7 Å². The van der Waals surface area contributed by atoms with Gasteiger partial charge in [-0.2, -0.15) is 0 Å². The molecule has 4 aromatic rings. The first-order chi connectivity index (χ1) is 14.0. The van der Waals surface area contributed by atoms with Crippen LogP contribution in [0.15, 0.2) is 73.1 Å². The molecule has 7 nitrogen and oxygen atoms in total. The molecular weight excluding hydrogens is 368 g/mol. The molecule has 0 radical (unpaired) electrons. The number of pyridine rings is 1. The number of hydrogen-bond acceptors (Lipinski definition) is 4. The lowest BCUT2D eigenvalue weighted by molar-refractivity contribution is 0.0997. The predicted molar refractivity (Wildman–Crippen MR) is 110 cm³/mol. The summed E-state index contributed by atoms with van der Waals surface area (Å²) in [4.78, 5) is 28.8. The molecule has 2 aromatic heterocycles. The summed E-state index contributed by atoms with van der Waals surface area (Å²) in [6, 6.07) is 17.4. The van der Waals surface area contributed by atoms with Crippen molar-refractivity contribution in [1.29, 1.82) is 0 Å². The summed E-state index contributed by atoms with van der Waals surface area (Å²) in [7, 11) is 1.94. The lowest BCUT2D eigenvalue weighted by Gasteiger charge is -2.12. The van der Waals surface area contributed by atoms with Crippen molar-refractivity contribution in [3.05, 3.63) is 84.2 Å². The minimum Gasteiger partial charge on any atom is -0.437 e. The maximum Gasteiger partial charge on any atom is 0.261 e. The third-order valence-electron chi connectivity index (χ3n) is 4.55. The summed E-state index contributed by atoms with van der Waals surface area (Å²) >= 11 is 0. The fourth-order valence-corrected chi connectivity index (χ4v) is 3.11. The van der Waals surface area contributed by atoms with E-state index in [4.69, 9.17) is 10.5 Å². The lowest BCUT2D eigenvalue weighted by atomic mass is 10.2. The van der Waals surface area contributed by atoms with Gasteiger partial charge in [0.1, 0.15) is 11.3 Å². The molecule has 0 fully saturated rings. The molecule has 2 aromatic carbocycles. The minimum absolute atomic E-state index is 0.0823. The highest BCUT2D eigenvalue weighted by Crippen LogP contribution is 2.28. The van der Waals surface area contributed by atoms with Crippen molar-refractivity contribution >= 4 is 28.4 Å². The van der Waals surface area contributed by atoms with Gasteiger partial charge in [-0.15, -0.1) is 0 Å². The number of benzene rings is 2. The van der Waals surface area contributed by atoms with Crippen LogP contribution in [0.4, 0.5) is 5.69 Å². The number of primary amides is 1. The standard InChI is InChI=1S/C22H18N4O3/c1-26-13-11-14-17(8-4-9-18(14)26)25-21(28)16-7-5-12-24-22(16)29-19-10-3-2-6-15(19)20(23)27/h2-13H,1H3,(H2,23,27)(H,25,28). The van der Waals surface area contributed by atoms with E-state index in [0.717, 1.165) is 10.9 Å². The van der Waals surface area contributed by atoms with Gasteiger partial charge in [0.15, 0.2) is 0 Å². The van der Waals surface area contributed by atoms with E-state index < -0.39 is 5.91 Å². The van der Waals surface area contributed by atoms with Gasteiger partial charge < -0.3 is 20.4 Å². The molecule has 29 heavy (non-hydrogen) atoms. The Morgan fingerprint density at radius 1 is 1.00 bits per heavy atom. The number of nitrogens with one attached hydrogen (secondary N) is 1. The number of amides is 2. The van der Waals surface area contributed by atoms with E-state index in [2.05, 4.69) is 10.3 Å². The number of carbonyl (C=O) groups excluding carboxylic acids is 2. The van der Waals surface area contributed by atoms with E-state index in [1.54, 1.807) is 36.4 Å². The average Bonchev–Trinajstić information content (AvgIpc) is 3.11. The maximum absolute atomic E-state index is 13.0. The van der Waals surface area contributed by atoms with Crippen LogP contribution in [0.5, 0.6) is 11.6 Å². The van der Waals surface area contributed by atoms with Crippen LogP contribution in [0, 0.1) is 0 Å². The normalized spacial score (nSPS) is 10.7. The Bertz CT molecular complexity index is 1230. The van der Waals surface area contributed by atoms with Crippen LogP contribution in [0.1, 0.15) is 20.7 Å². The van der Waals surface area contributed by atoms with Crippen LogP contribution in [0.25, 0.3) is 10.9 Å². The van der Waals surface area contributed by atoms with Crippen molar-refractivity contribution in [3.8, 4) is 11.6 Å². The Hall–Kier alpha value is -4.13. The minimum atomic E-state index is -0.627. The molecule has 7 heteroatoms. The third kappa shape index (κ3) is 3.53. The maximum atomic E-state index is 13.0. The Morgan fingerprint density at radius 2 is 1.79 bits per heavy atom. The summed E-state index contributed by atoms with van der Waals surface area (Å²) in [6.45, 7) is 0. The van der Waals surface area contributed by atoms with Crippen LogP contribution < -0.4 is 15.8 Å². The van der Waals surface area contributed by atoms with Gasteiger partial charge in [-0.05, 0) is 42.5 Å². The van der Waals surface area contributed by atoms with Crippen molar-refractivity contribution in [1.82, 2.24) is 9.55 Å². The van der Waals surface area contributed by atoms with E-state index in [1.807, 2.05) is 42.1 Å². The number of hydrogen-bond donors (Lipinski definition) is 2. The zero-order chi connectivity index (χ0) is 20.4. The quantitative estimate of drug-likeness (QED) is 0.546. The number of rotatable bonds is 5. The number of anilines is 1. The van der Waals surface area contributed by atoms with Gasteiger partial charge in [-0.25, -0.2) is 4.98 Å². The Balaban J connectivity index is 1.66. The monoisotopic (exact) mass is 386 g/mol.